The fraction of sp³-hybridized carbons (Fsp3) is 0.455. The molecule has 1 heterocycles. The Morgan fingerprint density at radius 1 is 1.12 bits per heavy atom. The maximum absolute atomic E-state index is 5.50. The van der Waals surface area contributed by atoms with Crippen LogP contribution in [0.1, 0.15) is 0 Å². The molecule has 1 saturated heterocycles. The monoisotopic (exact) mass is 242 g/mol. The van der Waals surface area contributed by atoms with E-state index in [1.54, 1.807) is 0 Å². The maximum Gasteiger partial charge on any atom is 0.0720 e. The van der Waals surface area contributed by atoms with Crippen LogP contribution in [0.5, 0.6) is 0 Å². The largest absolute Gasteiger partial charge is 0.367 e. The molecular formula is C11H19ClN4. The first-order chi connectivity index (χ1) is 7.31. The summed E-state index contributed by atoms with van der Waals surface area (Å²) in [5.41, 5.74) is 4.95. The van der Waals surface area contributed by atoms with Gasteiger partial charge in [-0.2, -0.15) is 0 Å². The van der Waals surface area contributed by atoms with E-state index in [-0.39, 0.29) is 12.4 Å². The first-order valence-electron chi connectivity index (χ1n) is 5.30. The zero-order chi connectivity index (χ0) is 10.7. The van der Waals surface area contributed by atoms with Crippen molar-refractivity contribution in [3.63, 3.8) is 0 Å². The quantitative estimate of drug-likeness (QED) is 0.603. The van der Waals surface area contributed by atoms with Gasteiger partial charge in [-0.25, -0.2) is 0 Å². The van der Waals surface area contributed by atoms with Gasteiger partial charge in [-0.3, -0.25) is 5.84 Å². The van der Waals surface area contributed by atoms with Crippen molar-refractivity contribution in [2.24, 2.45) is 5.84 Å². The molecule has 0 atom stereocenters. The van der Waals surface area contributed by atoms with Crippen molar-refractivity contribution in [2.75, 3.05) is 43.6 Å². The van der Waals surface area contributed by atoms with Crippen LogP contribution in [0.3, 0.4) is 0 Å². The van der Waals surface area contributed by atoms with Crippen molar-refractivity contribution < 1.29 is 0 Å². The zero-order valence-electron chi connectivity index (χ0n) is 9.52. The number of likely N-dealkylation sites (N-methyl/N-ethyl adjacent to an activating group) is 1. The average Bonchev–Trinajstić information content (AvgIpc) is 2.30. The van der Waals surface area contributed by atoms with Crippen molar-refractivity contribution in [3.05, 3.63) is 24.3 Å². The second-order valence-corrected chi connectivity index (χ2v) is 3.95. The SMILES string of the molecule is CN1CCN(c2ccccc2NN)CC1.Cl. The average molecular weight is 243 g/mol. The highest BCUT2D eigenvalue weighted by Crippen LogP contribution is 2.25. The summed E-state index contributed by atoms with van der Waals surface area (Å²) < 4.78 is 0. The number of nitrogens with zero attached hydrogens (tertiary/aromatic N) is 2. The molecule has 90 valence electrons. The number of nitrogen functional groups attached to an aromatic ring is 1. The highest BCUT2D eigenvalue weighted by atomic mass is 35.5. The molecule has 1 aromatic carbocycles. The first-order valence-corrected chi connectivity index (χ1v) is 5.30. The third-order valence-electron chi connectivity index (χ3n) is 2.90. The molecule has 0 radical (unpaired) electrons. The van der Waals surface area contributed by atoms with E-state index in [0.717, 1.165) is 31.9 Å². The molecule has 0 aromatic heterocycles. The number of hydrazine groups is 1. The molecule has 0 bridgehead atoms. The summed E-state index contributed by atoms with van der Waals surface area (Å²) in [6.45, 7) is 4.35. The van der Waals surface area contributed by atoms with E-state index in [1.165, 1.54) is 5.69 Å². The highest BCUT2D eigenvalue weighted by Gasteiger charge is 2.15. The van der Waals surface area contributed by atoms with Gasteiger partial charge in [-0.1, -0.05) is 12.1 Å². The molecule has 5 heteroatoms. The summed E-state index contributed by atoms with van der Waals surface area (Å²) in [4.78, 5) is 4.71. The summed E-state index contributed by atoms with van der Waals surface area (Å²) in [6, 6.07) is 8.16. The number of piperazine rings is 1. The normalized spacial score (nSPS) is 16.8. The zero-order valence-corrected chi connectivity index (χ0v) is 10.3. The molecule has 1 fully saturated rings. The standard InChI is InChI=1S/C11H18N4.ClH/c1-14-6-8-15(9-7-14)11-5-3-2-4-10(11)13-12;/h2-5,13H,6-9,12H2,1H3;1H. The Morgan fingerprint density at radius 3 is 2.38 bits per heavy atom. The van der Waals surface area contributed by atoms with E-state index in [4.69, 9.17) is 5.84 Å². The maximum atomic E-state index is 5.50. The summed E-state index contributed by atoms with van der Waals surface area (Å²) in [5.74, 6) is 5.50. The van der Waals surface area contributed by atoms with Gasteiger partial charge in [0.1, 0.15) is 0 Å². The van der Waals surface area contributed by atoms with Crippen molar-refractivity contribution in [1.29, 1.82) is 0 Å². The first kappa shape index (κ1) is 13.1. The van der Waals surface area contributed by atoms with E-state index in [9.17, 15) is 0 Å². The molecule has 1 aromatic rings. The van der Waals surface area contributed by atoms with Crippen LogP contribution in [0.4, 0.5) is 11.4 Å². The van der Waals surface area contributed by atoms with Gasteiger partial charge in [0.2, 0.25) is 0 Å². The molecule has 0 unspecified atom stereocenters. The lowest BCUT2D eigenvalue weighted by Gasteiger charge is -2.34. The Hall–Kier alpha value is -0.970. The molecule has 0 amide bonds. The van der Waals surface area contributed by atoms with Crippen LogP contribution < -0.4 is 16.2 Å². The molecular weight excluding hydrogens is 224 g/mol. The number of hydrogen-bond donors (Lipinski definition) is 2. The molecule has 3 N–H and O–H groups in total. The van der Waals surface area contributed by atoms with E-state index in [2.05, 4.69) is 34.4 Å². The minimum Gasteiger partial charge on any atom is -0.367 e. The van der Waals surface area contributed by atoms with Crippen LogP contribution in [-0.4, -0.2) is 38.1 Å². The Balaban J connectivity index is 0.00000128. The van der Waals surface area contributed by atoms with Crippen molar-refractivity contribution >= 4 is 23.8 Å². The molecule has 0 spiro atoms. The van der Waals surface area contributed by atoms with Gasteiger partial charge >= 0.3 is 0 Å². The minimum atomic E-state index is 0. The van der Waals surface area contributed by atoms with Gasteiger partial charge in [0.25, 0.3) is 0 Å². The molecule has 1 aliphatic rings. The molecule has 0 saturated carbocycles. The molecule has 1 aliphatic heterocycles. The minimum absolute atomic E-state index is 0. The second kappa shape index (κ2) is 5.94. The van der Waals surface area contributed by atoms with Crippen molar-refractivity contribution in [3.8, 4) is 0 Å². The predicted octanol–water partition coefficient (Wildman–Crippen LogP) is 1.15. The fourth-order valence-corrected chi connectivity index (χ4v) is 1.92. The summed E-state index contributed by atoms with van der Waals surface area (Å²) >= 11 is 0. The van der Waals surface area contributed by atoms with Crippen LogP contribution in [0, 0.1) is 0 Å². The number of nitrogens with two attached hydrogens (primary N) is 1. The van der Waals surface area contributed by atoms with Gasteiger partial charge in [0.15, 0.2) is 0 Å². The summed E-state index contributed by atoms with van der Waals surface area (Å²) in [6.07, 6.45) is 0. The topological polar surface area (TPSA) is 44.5 Å². The van der Waals surface area contributed by atoms with E-state index in [1.807, 2.05) is 12.1 Å². The number of nitrogens with one attached hydrogen (secondary N) is 1. The third-order valence-corrected chi connectivity index (χ3v) is 2.90. The summed E-state index contributed by atoms with van der Waals surface area (Å²) in [5, 5.41) is 0. The number of halogens is 1. The number of rotatable bonds is 2. The van der Waals surface area contributed by atoms with Gasteiger partial charge in [-0.05, 0) is 19.2 Å². The lowest BCUT2D eigenvalue weighted by molar-refractivity contribution is 0.313. The third kappa shape index (κ3) is 2.78. The van der Waals surface area contributed by atoms with E-state index >= 15 is 0 Å². The van der Waals surface area contributed by atoms with Crippen LogP contribution in [0.25, 0.3) is 0 Å². The number of anilines is 2. The predicted molar refractivity (Wildman–Crippen MR) is 71.2 cm³/mol. The number of benzene rings is 1. The van der Waals surface area contributed by atoms with Gasteiger partial charge in [0, 0.05) is 26.2 Å². The van der Waals surface area contributed by atoms with Gasteiger partial charge in [-0.15, -0.1) is 12.4 Å². The number of para-hydroxylation sites is 2. The lowest BCUT2D eigenvalue weighted by Crippen LogP contribution is -2.44. The highest BCUT2D eigenvalue weighted by molar-refractivity contribution is 5.85. The van der Waals surface area contributed by atoms with Gasteiger partial charge < -0.3 is 15.2 Å². The second-order valence-electron chi connectivity index (χ2n) is 3.95. The molecule has 16 heavy (non-hydrogen) atoms. The van der Waals surface area contributed by atoms with Crippen molar-refractivity contribution in [1.82, 2.24) is 4.90 Å². The summed E-state index contributed by atoms with van der Waals surface area (Å²) in [7, 11) is 2.16. The molecule has 4 nitrogen and oxygen atoms in total. The van der Waals surface area contributed by atoms with Crippen LogP contribution in [-0.2, 0) is 0 Å². The molecule has 2 rings (SSSR count). The lowest BCUT2D eigenvalue weighted by atomic mass is 10.2. The van der Waals surface area contributed by atoms with Crippen LogP contribution in [0.2, 0.25) is 0 Å². The fourth-order valence-electron chi connectivity index (χ4n) is 1.92. The van der Waals surface area contributed by atoms with E-state index < -0.39 is 0 Å². The van der Waals surface area contributed by atoms with Gasteiger partial charge in [0.05, 0.1) is 11.4 Å². The Kier molecular flexibility index (Phi) is 4.86. The Bertz CT molecular complexity index is 324. The smallest absolute Gasteiger partial charge is 0.0720 e. The van der Waals surface area contributed by atoms with E-state index in [0.29, 0.717) is 0 Å². The van der Waals surface area contributed by atoms with Crippen LogP contribution in [0.15, 0.2) is 24.3 Å². The van der Waals surface area contributed by atoms with Crippen LogP contribution >= 0.6 is 12.4 Å². The number of hydrogen-bond acceptors (Lipinski definition) is 4. The Morgan fingerprint density at radius 2 is 1.75 bits per heavy atom. The molecule has 0 aliphatic carbocycles. The Labute approximate surface area is 103 Å². The van der Waals surface area contributed by atoms with Crippen molar-refractivity contribution in [2.45, 2.75) is 0 Å².